The predicted molar refractivity (Wildman–Crippen MR) is 147 cm³/mol. The van der Waals surface area contributed by atoms with Crippen LogP contribution in [-0.2, 0) is 11.2 Å². The Morgan fingerprint density at radius 1 is 1.11 bits per heavy atom. The number of likely N-dealkylation sites (N-methyl/N-ethyl adjacent to an activating group) is 1. The van der Waals surface area contributed by atoms with Crippen molar-refractivity contribution in [3.63, 3.8) is 0 Å². The SMILES string of the molecule is CC(C)NC(=O)Nc1ccc2c(c1)CC(=O)N([C@H](C)CO)C[C@@H](C)[C@H](CN(C)C(=O)Nc1ccccc1)O2. The monoisotopic (exact) mass is 525 g/mol. The molecule has 5 amide bonds. The molecule has 0 aliphatic carbocycles. The number of nitrogens with zero attached hydrogens (tertiary/aromatic N) is 2. The lowest BCUT2D eigenvalue weighted by molar-refractivity contribution is -0.134. The number of hydrogen-bond donors (Lipinski definition) is 4. The highest BCUT2D eigenvalue weighted by atomic mass is 16.5. The lowest BCUT2D eigenvalue weighted by Gasteiger charge is -2.34. The maximum Gasteiger partial charge on any atom is 0.321 e. The van der Waals surface area contributed by atoms with Crippen LogP contribution in [0.1, 0.15) is 33.3 Å². The van der Waals surface area contributed by atoms with Crippen LogP contribution < -0.4 is 20.7 Å². The smallest absolute Gasteiger partial charge is 0.321 e. The van der Waals surface area contributed by atoms with Gasteiger partial charge in [0.1, 0.15) is 11.9 Å². The second-order valence-corrected chi connectivity index (χ2v) is 10.1. The number of urea groups is 2. The standard InChI is InChI=1S/C28H39N5O5/c1-18(2)29-27(36)30-23-11-12-24-21(13-23)14-26(35)33(20(4)17-34)15-19(3)25(38-24)16-32(5)28(37)31-22-9-7-6-8-10-22/h6-13,18-20,25,34H,14-17H2,1-5H3,(H,31,37)(H2,29,30,36)/t19-,20-,25+/m1/s1. The third-order valence-corrected chi connectivity index (χ3v) is 6.42. The number of hydrogen-bond acceptors (Lipinski definition) is 5. The molecule has 0 unspecified atom stereocenters. The second-order valence-electron chi connectivity index (χ2n) is 10.1. The Balaban J connectivity index is 1.87. The van der Waals surface area contributed by atoms with E-state index >= 15 is 0 Å². The van der Waals surface area contributed by atoms with Crippen LogP contribution in [0.15, 0.2) is 48.5 Å². The molecule has 0 radical (unpaired) electrons. The Morgan fingerprint density at radius 3 is 2.47 bits per heavy atom. The molecule has 10 nitrogen and oxygen atoms in total. The maximum absolute atomic E-state index is 13.3. The number of ether oxygens (including phenoxy) is 1. The largest absolute Gasteiger partial charge is 0.488 e. The van der Waals surface area contributed by atoms with Gasteiger partial charge in [0.2, 0.25) is 5.91 Å². The van der Waals surface area contributed by atoms with Crippen molar-refractivity contribution in [2.75, 3.05) is 37.4 Å². The number of fused-ring (bicyclic) bond motifs is 1. The molecule has 1 aliphatic heterocycles. The third-order valence-electron chi connectivity index (χ3n) is 6.42. The average molecular weight is 526 g/mol. The molecule has 0 spiro atoms. The number of aliphatic hydroxyl groups is 1. The molecule has 0 aromatic heterocycles. The first-order valence-corrected chi connectivity index (χ1v) is 12.9. The number of anilines is 2. The van der Waals surface area contributed by atoms with Gasteiger partial charge in [-0.3, -0.25) is 4.79 Å². The number of carbonyl (C=O) groups excluding carboxylic acids is 3. The summed E-state index contributed by atoms with van der Waals surface area (Å²) in [6.07, 6.45) is -0.396. The molecule has 2 aromatic carbocycles. The van der Waals surface area contributed by atoms with E-state index in [2.05, 4.69) is 16.0 Å². The van der Waals surface area contributed by atoms with Crippen molar-refractivity contribution in [3.8, 4) is 5.75 Å². The molecule has 0 bridgehead atoms. The number of rotatable bonds is 7. The second kappa shape index (κ2) is 13.1. The molecule has 2 aromatic rings. The maximum atomic E-state index is 13.3. The topological polar surface area (TPSA) is 123 Å². The van der Waals surface area contributed by atoms with Crippen molar-refractivity contribution in [3.05, 3.63) is 54.1 Å². The van der Waals surface area contributed by atoms with Gasteiger partial charge in [-0.25, -0.2) is 9.59 Å². The minimum atomic E-state index is -0.442. The highest BCUT2D eigenvalue weighted by molar-refractivity contribution is 5.90. The third kappa shape index (κ3) is 7.85. The van der Waals surface area contributed by atoms with Crippen LogP contribution in [0.3, 0.4) is 0 Å². The van der Waals surface area contributed by atoms with Crippen molar-refractivity contribution < 1.29 is 24.2 Å². The lowest BCUT2D eigenvalue weighted by atomic mass is 10.0. The van der Waals surface area contributed by atoms with Crippen LogP contribution in [0, 0.1) is 5.92 Å². The summed E-state index contributed by atoms with van der Waals surface area (Å²) >= 11 is 0. The van der Waals surface area contributed by atoms with Gasteiger partial charge in [0.15, 0.2) is 0 Å². The van der Waals surface area contributed by atoms with E-state index in [0.717, 1.165) is 0 Å². The number of para-hydroxylation sites is 1. The Kier molecular flexibility index (Phi) is 9.95. The molecular formula is C28H39N5O5. The van der Waals surface area contributed by atoms with Gasteiger partial charge in [-0.15, -0.1) is 0 Å². The molecule has 0 saturated carbocycles. The fourth-order valence-corrected chi connectivity index (χ4v) is 4.25. The molecule has 0 saturated heterocycles. The zero-order valence-corrected chi connectivity index (χ0v) is 22.7. The van der Waals surface area contributed by atoms with E-state index in [0.29, 0.717) is 29.2 Å². The quantitative estimate of drug-likeness (QED) is 0.440. The van der Waals surface area contributed by atoms with E-state index in [4.69, 9.17) is 4.74 Å². The summed E-state index contributed by atoms with van der Waals surface area (Å²) < 4.78 is 6.44. The molecule has 10 heteroatoms. The van der Waals surface area contributed by atoms with E-state index < -0.39 is 6.10 Å². The van der Waals surface area contributed by atoms with Gasteiger partial charge in [-0.2, -0.15) is 0 Å². The Labute approximate surface area is 224 Å². The number of benzene rings is 2. The van der Waals surface area contributed by atoms with Crippen molar-refractivity contribution in [1.29, 1.82) is 0 Å². The minimum Gasteiger partial charge on any atom is -0.488 e. The van der Waals surface area contributed by atoms with Gasteiger partial charge in [-0.1, -0.05) is 25.1 Å². The van der Waals surface area contributed by atoms with Crippen LogP contribution in [0.2, 0.25) is 0 Å². The minimum absolute atomic E-state index is 0.0281. The number of carbonyl (C=O) groups is 3. The van der Waals surface area contributed by atoms with E-state index in [1.807, 2.05) is 51.1 Å². The van der Waals surface area contributed by atoms with Gasteiger partial charge in [-0.05, 0) is 51.1 Å². The fraction of sp³-hybridized carbons (Fsp3) is 0.464. The Bertz CT molecular complexity index is 1110. The molecule has 1 aliphatic rings. The molecule has 38 heavy (non-hydrogen) atoms. The van der Waals surface area contributed by atoms with Crippen LogP contribution >= 0.6 is 0 Å². The van der Waals surface area contributed by atoms with E-state index in [9.17, 15) is 19.5 Å². The number of nitrogens with one attached hydrogen (secondary N) is 3. The van der Waals surface area contributed by atoms with Crippen molar-refractivity contribution in [2.24, 2.45) is 5.92 Å². The summed E-state index contributed by atoms with van der Waals surface area (Å²) in [5.41, 5.74) is 1.83. The lowest BCUT2D eigenvalue weighted by Crippen LogP contribution is -2.48. The highest BCUT2D eigenvalue weighted by Crippen LogP contribution is 2.29. The number of aliphatic hydroxyl groups excluding tert-OH is 1. The average Bonchev–Trinajstić information content (AvgIpc) is 2.91. The fourth-order valence-electron chi connectivity index (χ4n) is 4.25. The summed E-state index contributed by atoms with van der Waals surface area (Å²) in [4.78, 5) is 41.6. The predicted octanol–water partition coefficient (Wildman–Crippen LogP) is 3.53. The molecule has 0 fully saturated rings. The zero-order chi connectivity index (χ0) is 27.8. The highest BCUT2D eigenvalue weighted by Gasteiger charge is 2.32. The normalized spacial score (nSPS) is 18.3. The van der Waals surface area contributed by atoms with Crippen LogP contribution in [-0.4, -0.2) is 77.8 Å². The van der Waals surface area contributed by atoms with Gasteiger partial charge < -0.3 is 35.6 Å². The van der Waals surface area contributed by atoms with E-state index in [1.54, 1.807) is 42.0 Å². The van der Waals surface area contributed by atoms with Gasteiger partial charge in [0, 0.05) is 42.5 Å². The first-order chi connectivity index (χ1) is 18.1. The summed E-state index contributed by atoms with van der Waals surface area (Å²) in [5.74, 6) is 0.212. The Hall–Kier alpha value is -3.79. The molecule has 1 heterocycles. The van der Waals surface area contributed by atoms with Crippen LogP contribution in [0.25, 0.3) is 0 Å². The zero-order valence-electron chi connectivity index (χ0n) is 22.7. The van der Waals surface area contributed by atoms with Gasteiger partial charge in [0.25, 0.3) is 0 Å². The first kappa shape index (κ1) is 28.8. The summed E-state index contributed by atoms with van der Waals surface area (Å²) in [6.45, 7) is 7.95. The van der Waals surface area contributed by atoms with E-state index in [1.165, 1.54) is 0 Å². The van der Waals surface area contributed by atoms with Crippen molar-refractivity contribution in [2.45, 2.75) is 52.3 Å². The van der Waals surface area contributed by atoms with Gasteiger partial charge >= 0.3 is 12.1 Å². The van der Waals surface area contributed by atoms with Gasteiger partial charge in [0.05, 0.1) is 25.6 Å². The first-order valence-electron chi connectivity index (χ1n) is 12.9. The van der Waals surface area contributed by atoms with E-state index in [-0.39, 0.29) is 55.5 Å². The molecule has 3 rings (SSSR count). The number of amides is 5. The van der Waals surface area contributed by atoms with Crippen LogP contribution in [0.5, 0.6) is 5.75 Å². The summed E-state index contributed by atoms with van der Waals surface area (Å²) in [6, 6.07) is 13.4. The summed E-state index contributed by atoms with van der Waals surface area (Å²) in [5, 5.41) is 18.3. The molecule has 3 atom stereocenters. The molecule has 4 N–H and O–H groups in total. The van der Waals surface area contributed by atoms with Crippen molar-refractivity contribution in [1.82, 2.24) is 15.1 Å². The van der Waals surface area contributed by atoms with Crippen LogP contribution in [0.4, 0.5) is 21.0 Å². The summed E-state index contributed by atoms with van der Waals surface area (Å²) in [7, 11) is 1.70. The van der Waals surface area contributed by atoms with Crippen molar-refractivity contribution >= 4 is 29.3 Å². The molecule has 206 valence electrons. The molecular weight excluding hydrogens is 486 g/mol. The Morgan fingerprint density at radius 2 is 1.82 bits per heavy atom.